The van der Waals surface area contributed by atoms with Gasteiger partial charge in [-0.3, -0.25) is 20.8 Å². The fourth-order valence-corrected chi connectivity index (χ4v) is 2.11. The predicted octanol–water partition coefficient (Wildman–Crippen LogP) is 1.75. The van der Waals surface area contributed by atoms with Gasteiger partial charge in [-0.2, -0.15) is 11.8 Å². The number of carbonyl (C=O) groups excluding carboxylic acids is 1. The maximum Gasteiger partial charge on any atom is 0.294 e. The van der Waals surface area contributed by atoms with E-state index in [9.17, 15) is 14.9 Å². The van der Waals surface area contributed by atoms with Crippen LogP contribution in [0.2, 0.25) is 0 Å². The van der Waals surface area contributed by atoms with Crippen LogP contribution in [0.15, 0.2) is 18.2 Å². The van der Waals surface area contributed by atoms with Crippen LogP contribution in [-0.4, -0.2) is 29.4 Å². The Balaban J connectivity index is 2.64. The second-order valence-corrected chi connectivity index (χ2v) is 5.07. The number of nitrogens with zero attached hydrogens (tertiary/aromatic N) is 1. The van der Waals surface area contributed by atoms with Gasteiger partial charge < -0.3 is 10.7 Å². The molecule has 7 nitrogen and oxygen atoms in total. The van der Waals surface area contributed by atoms with Crippen molar-refractivity contribution < 1.29 is 9.72 Å². The van der Waals surface area contributed by atoms with Gasteiger partial charge >= 0.3 is 0 Å². The average Bonchev–Trinajstić information content (AvgIpc) is 2.46. The van der Waals surface area contributed by atoms with Crippen molar-refractivity contribution in [3.8, 4) is 0 Å². The Morgan fingerprint density at radius 3 is 2.80 bits per heavy atom. The number of amides is 1. The third-order valence-electron chi connectivity index (χ3n) is 2.67. The molecule has 0 atom stereocenters. The number of hydrazine groups is 1. The van der Waals surface area contributed by atoms with E-state index in [0.717, 1.165) is 18.6 Å². The van der Waals surface area contributed by atoms with Crippen LogP contribution in [-0.2, 0) is 0 Å². The highest BCUT2D eigenvalue weighted by atomic mass is 32.2. The number of nitro benzene ring substituents is 1. The number of nitrogens with two attached hydrogens (primary N) is 1. The van der Waals surface area contributed by atoms with E-state index >= 15 is 0 Å². The van der Waals surface area contributed by atoms with Gasteiger partial charge in [0.25, 0.3) is 11.6 Å². The van der Waals surface area contributed by atoms with Crippen LogP contribution in [0.25, 0.3) is 0 Å². The number of thioether (sulfide) groups is 1. The number of nitrogen functional groups attached to an aromatic ring is 1. The molecule has 0 unspecified atom stereocenters. The summed E-state index contributed by atoms with van der Waals surface area (Å²) in [6.07, 6.45) is 3.94. The summed E-state index contributed by atoms with van der Waals surface area (Å²) >= 11 is 1.76. The lowest BCUT2D eigenvalue weighted by molar-refractivity contribution is -0.384. The van der Waals surface area contributed by atoms with Crippen molar-refractivity contribution in [2.45, 2.75) is 12.8 Å². The summed E-state index contributed by atoms with van der Waals surface area (Å²) < 4.78 is 0. The maximum absolute atomic E-state index is 11.9. The Labute approximate surface area is 121 Å². The molecule has 0 bridgehead atoms. The molecule has 1 rings (SSSR count). The number of hydrogen-bond donors (Lipinski definition) is 3. The van der Waals surface area contributed by atoms with Gasteiger partial charge in [0.05, 0.1) is 4.92 Å². The zero-order valence-electron chi connectivity index (χ0n) is 11.2. The Morgan fingerprint density at radius 1 is 1.45 bits per heavy atom. The SMILES string of the molecule is CSCCCCNC(=O)c1ccc(NN)c([N+](=O)[O-])c1. The number of unbranched alkanes of at least 4 members (excludes halogenated alkanes) is 1. The summed E-state index contributed by atoms with van der Waals surface area (Å²) in [5, 5.41) is 13.6. The van der Waals surface area contributed by atoms with E-state index in [1.165, 1.54) is 18.2 Å². The minimum Gasteiger partial charge on any atom is -0.352 e. The molecule has 20 heavy (non-hydrogen) atoms. The molecule has 1 amide bonds. The lowest BCUT2D eigenvalue weighted by Crippen LogP contribution is -2.24. The van der Waals surface area contributed by atoms with Crippen molar-refractivity contribution in [3.63, 3.8) is 0 Å². The summed E-state index contributed by atoms with van der Waals surface area (Å²) in [5.41, 5.74) is 2.44. The minimum absolute atomic E-state index is 0.173. The van der Waals surface area contributed by atoms with E-state index in [-0.39, 0.29) is 22.8 Å². The van der Waals surface area contributed by atoms with Crippen molar-refractivity contribution >= 4 is 29.0 Å². The predicted molar refractivity (Wildman–Crippen MR) is 80.9 cm³/mol. The van der Waals surface area contributed by atoms with Crippen molar-refractivity contribution in [1.29, 1.82) is 0 Å². The molecule has 0 aliphatic rings. The van der Waals surface area contributed by atoms with E-state index < -0.39 is 4.92 Å². The molecule has 0 spiro atoms. The first kappa shape index (κ1) is 16.3. The van der Waals surface area contributed by atoms with Gasteiger partial charge in [0.2, 0.25) is 0 Å². The van der Waals surface area contributed by atoms with Crippen molar-refractivity contribution in [1.82, 2.24) is 5.32 Å². The minimum atomic E-state index is -0.579. The van der Waals surface area contributed by atoms with E-state index in [1.807, 2.05) is 6.26 Å². The number of nitro groups is 1. The number of benzene rings is 1. The Morgan fingerprint density at radius 2 is 2.20 bits per heavy atom. The standard InChI is InChI=1S/C12H18N4O3S/c1-20-7-3-2-6-14-12(17)9-4-5-10(15-13)11(8-9)16(18)19/h4-5,8,15H,2-3,6-7,13H2,1H3,(H,14,17). The third kappa shape index (κ3) is 4.71. The zero-order chi connectivity index (χ0) is 15.0. The topological polar surface area (TPSA) is 110 Å². The van der Waals surface area contributed by atoms with Crippen LogP contribution in [0, 0.1) is 10.1 Å². The van der Waals surface area contributed by atoms with Gasteiger partial charge in [0, 0.05) is 18.2 Å². The molecular weight excluding hydrogens is 280 g/mol. The van der Waals surface area contributed by atoms with Gasteiger partial charge in [-0.05, 0) is 37.0 Å². The van der Waals surface area contributed by atoms with Crippen LogP contribution >= 0.6 is 11.8 Å². The normalized spacial score (nSPS) is 10.1. The lowest BCUT2D eigenvalue weighted by atomic mass is 10.1. The smallest absolute Gasteiger partial charge is 0.294 e. The first-order valence-corrected chi connectivity index (χ1v) is 7.51. The highest BCUT2D eigenvalue weighted by molar-refractivity contribution is 7.98. The van der Waals surface area contributed by atoms with E-state index in [0.29, 0.717) is 6.54 Å². The molecule has 110 valence electrons. The Bertz CT molecular complexity index is 482. The van der Waals surface area contributed by atoms with E-state index in [1.54, 1.807) is 11.8 Å². The van der Waals surface area contributed by atoms with Crippen LogP contribution in [0.3, 0.4) is 0 Å². The molecular formula is C12H18N4O3S. The number of anilines is 1. The summed E-state index contributed by atoms with van der Waals surface area (Å²) in [6, 6.07) is 4.13. The first-order valence-electron chi connectivity index (χ1n) is 6.12. The second kappa shape index (κ2) is 8.39. The molecule has 0 saturated carbocycles. The van der Waals surface area contributed by atoms with Crippen molar-refractivity contribution in [3.05, 3.63) is 33.9 Å². The maximum atomic E-state index is 11.9. The first-order chi connectivity index (χ1) is 9.60. The summed E-state index contributed by atoms with van der Waals surface area (Å²) in [7, 11) is 0. The Hall–Kier alpha value is -1.80. The van der Waals surface area contributed by atoms with E-state index in [2.05, 4.69) is 10.7 Å². The van der Waals surface area contributed by atoms with Crippen molar-refractivity contribution in [2.75, 3.05) is 24.0 Å². The van der Waals surface area contributed by atoms with Crippen LogP contribution in [0.4, 0.5) is 11.4 Å². The molecule has 0 radical (unpaired) electrons. The van der Waals surface area contributed by atoms with Gasteiger partial charge in [-0.15, -0.1) is 0 Å². The van der Waals surface area contributed by atoms with Crippen LogP contribution in [0.1, 0.15) is 23.2 Å². The number of hydrogen-bond acceptors (Lipinski definition) is 6. The quantitative estimate of drug-likeness (QED) is 0.292. The fraction of sp³-hybridized carbons (Fsp3) is 0.417. The molecule has 0 aliphatic carbocycles. The monoisotopic (exact) mass is 298 g/mol. The molecule has 0 fully saturated rings. The molecule has 0 aromatic heterocycles. The number of rotatable bonds is 8. The second-order valence-electron chi connectivity index (χ2n) is 4.09. The van der Waals surface area contributed by atoms with Gasteiger partial charge in [-0.25, -0.2) is 0 Å². The molecule has 0 saturated heterocycles. The highest BCUT2D eigenvalue weighted by Gasteiger charge is 2.16. The van der Waals surface area contributed by atoms with Gasteiger partial charge in [0.1, 0.15) is 5.69 Å². The van der Waals surface area contributed by atoms with Gasteiger partial charge in [0.15, 0.2) is 0 Å². The van der Waals surface area contributed by atoms with Crippen LogP contribution in [0.5, 0.6) is 0 Å². The molecule has 0 heterocycles. The Kier molecular flexibility index (Phi) is 6.82. The summed E-state index contributed by atoms with van der Waals surface area (Å²) in [5.74, 6) is 5.92. The third-order valence-corrected chi connectivity index (χ3v) is 3.37. The summed E-state index contributed by atoms with van der Waals surface area (Å²) in [6.45, 7) is 0.560. The molecule has 1 aromatic rings. The largest absolute Gasteiger partial charge is 0.352 e. The molecule has 8 heteroatoms. The fourth-order valence-electron chi connectivity index (χ4n) is 1.62. The molecule has 0 aliphatic heterocycles. The van der Waals surface area contributed by atoms with E-state index in [4.69, 9.17) is 5.84 Å². The van der Waals surface area contributed by atoms with Crippen molar-refractivity contribution in [2.24, 2.45) is 5.84 Å². The zero-order valence-corrected chi connectivity index (χ0v) is 12.0. The highest BCUT2D eigenvalue weighted by Crippen LogP contribution is 2.24. The number of nitrogens with one attached hydrogen (secondary N) is 2. The van der Waals surface area contributed by atoms with Crippen LogP contribution < -0.4 is 16.6 Å². The van der Waals surface area contributed by atoms with Gasteiger partial charge in [-0.1, -0.05) is 0 Å². The average molecular weight is 298 g/mol. The summed E-state index contributed by atoms with van der Waals surface area (Å²) in [4.78, 5) is 22.1. The molecule has 4 N–H and O–H groups in total. The number of carbonyl (C=O) groups is 1. The lowest BCUT2D eigenvalue weighted by Gasteiger charge is -2.07. The molecule has 1 aromatic carbocycles.